The second kappa shape index (κ2) is 5.47. The van der Waals surface area contributed by atoms with Gasteiger partial charge in [0.1, 0.15) is 6.33 Å². The quantitative estimate of drug-likeness (QED) is 0.637. The molecule has 0 saturated heterocycles. The van der Waals surface area contributed by atoms with Crippen LogP contribution in [-0.4, -0.2) is 9.97 Å². The highest BCUT2D eigenvalue weighted by Crippen LogP contribution is 2.10. The number of hydrogen-bond donors (Lipinski definition) is 0. The Labute approximate surface area is 74.4 Å². The summed E-state index contributed by atoms with van der Waals surface area (Å²) < 4.78 is 0. The molecule has 12 heavy (non-hydrogen) atoms. The Hall–Kier alpha value is -1.18. The first-order valence-electron chi connectivity index (χ1n) is 4.14. The molecule has 1 aromatic heterocycles. The number of aromatic nitrogens is 2. The van der Waals surface area contributed by atoms with Crippen LogP contribution in [0.4, 0.5) is 0 Å². The topological polar surface area (TPSA) is 25.8 Å². The average Bonchev–Trinajstić information content (AvgIpc) is 2.08. The van der Waals surface area contributed by atoms with E-state index in [9.17, 15) is 0 Å². The van der Waals surface area contributed by atoms with Crippen LogP contribution < -0.4 is 0 Å². The molecule has 0 aliphatic rings. The lowest BCUT2D eigenvalue weighted by molar-refractivity contribution is 1.10. The van der Waals surface area contributed by atoms with Gasteiger partial charge in [0.25, 0.3) is 0 Å². The molecule has 2 nitrogen and oxygen atoms in total. The Bertz CT molecular complexity index is 254. The van der Waals surface area contributed by atoms with Crippen LogP contribution in [0.2, 0.25) is 0 Å². The van der Waals surface area contributed by atoms with E-state index in [1.54, 1.807) is 6.20 Å². The van der Waals surface area contributed by atoms with Crippen molar-refractivity contribution in [1.29, 1.82) is 0 Å². The SMILES string of the molecule is C=C(C)c1ncncc1C.CC. The molecule has 2 heteroatoms. The van der Waals surface area contributed by atoms with Crippen molar-refractivity contribution in [1.82, 2.24) is 9.97 Å². The van der Waals surface area contributed by atoms with Gasteiger partial charge in [-0.25, -0.2) is 9.97 Å². The van der Waals surface area contributed by atoms with Crippen molar-refractivity contribution in [2.75, 3.05) is 0 Å². The number of allylic oxidation sites excluding steroid dienone is 1. The molecule has 0 radical (unpaired) electrons. The van der Waals surface area contributed by atoms with Crippen molar-refractivity contribution in [2.24, 2.45) is 0 Å². The molecule has 1 rings (SSSR count). The molecule has 0 bridgehead atoms. The summed E-state index contributed by atoms with van der Waals surface area (Å²) in [6.07, 6.45) is 3.33. The van der Waals surface area contributed by atoms with E-state index in [1.165, 1.54) is 6.33 Å². The van der Waals surface area contributed by atoms with Crippen LogP contribution >= 0.6 is 0 Å². The van der Waals surface area contributed by atoms with Gasteiger partial charge in [0.05, 0.1) is 5.69 Å². The molecule has 0 aromatic carbocycles. The number of nitrogens with zero attached hydrogens (tertiary/aromatic N) is 2. The van der Waals surface area contributed by atoms with Crippen LogP contribution in [0.3, 0.4) is 0 Å². The highest BCUT2D eigenvalue weighted by molar-refractivity contribution is 5.59. The predicted molar refractivity (Wildman–Crippen MR) is 52.8 cm³/mol. The van der Waals surface area contributed by atoms with Crippen LogP contribution in [-0.2, 0) is 0 Å². The van der Waals surface area contributed by atoms with Gasteiger partial charge in [0.15, 0.2) is 0 Å². The monoisotopic (exact) mass is 164 g/mol. The van der Waals surface area contributed by atoms with E-state index >= 15 is 0 Å². The second-order valence-corrected chi connectivity index (χ2v) is 2.33. The van der Waals surface area contributed by atoms with Crippen LogP contribution in [0.5, 0.6) is 0 Å². The molecular weight excluding hydrogens is 148 g/mol. The van der Waals surface area contributed by atoms with E-state index in [2.05, 4.69) is 16.5 Å². The van der Waals surface area contributed by atoms with Gasteiger partial charge in [0.2, 0.25) is 0 Å². The molecule has 0 spiro atoms. The minimum Gasteiger partial charge on any atom is -0.245 e. The highest BCUT2D eigenvalue weighted by Gasteiger charge is 1.97. The van der Waals surface area contributed by atoms with Gasteiger partial charge >= 0.3 is 0 Å². The lowest BCUT2D eigenvalue weighted by atomic mass is 10.1. The summed E-state index contributed by atoms with van der Waals surface area (Å²) in [6, 6.07) is 0. The summed E-state index contributed by atoms with van der Waals surface area (Å²) in [7, 11) is 0. The Morgan fingerprint density at radius 3 is 2.33 bits per heavy atom. The van der Waals surface area contributed by atoms with Crippen molar-refractivity contribution < 1.29 is 0 Å². The average molecular weight is 164 g/mol. The van der Waals surface area contributed by atoms with Gasteiger partial charge in [-0.05, 0) is 25.0 Å². The molecule has 0 unspecified atom stereocenters. The number of hydrogen-bond acceptors (Lipinski definition) is 2. The fourth-order valence-electron chi connectivity index (χ4n) is 0.846. The van der Waals surface area contributed by atoms with Gasteiger partial charge in [-0.15, -0.1) is 0 Å². The molecule has 0 fully saturated rings. The van der Waals surface area contributed by atoms with Crippen molar-refractivity contribution >= 4 is 5.57 Å². The summed E-state index contributed by atoms with van der Waals surface area (Å²) in [5.41, 5.74) is 3.02. The van der Waals surface area contributed by atoms with Gasteiger partial charge < -0.3 is 0 Å². The van der Waals surface area contributed by atoms with Crippen LogP contribution in [0.1, 0.15) is 32.0 Å². The lowest BCUT2D eigenvalue weighted by Crippen LogP contribution is -1.90. The molecule has 66 valence electrons. The number of rotatable bonds is 1. The Balaban J connectivity index is 0.000000561. The molecule has 0 aliphatic heterocycles. The first-order valence-corrected chi connectivity index (χ1v) is 4.14. The molecule has 0 saturated carbocycles. The first-order chi connectivity index (χ1) is 5.72. The molecule has 0 atom stereocenters. The lowest BCUT2D eigenvalue weighted by Gasteiger charge is -1.99. The standard InChI is InChI=1S/C8H10N2.C2H6/c1-6(2)8-7(3)4-9-5-10-8;1-2/h4-5H,1H2,2-3H3;1-2H3. The minimum atomic E-state index is 0.954. The Kier molecular flexibility index (Phi) is 4.93. The molecule has 1 heterocycles. The summed E-state index contributed by atoms with van der Waals surface area (Å²) in [4.78, 5) is 7.94. The van der Waals surface area contributed by atoms with Crippen molar-refractivity contribution in [2.45, 2.75) is 27.7 Å². The highest BCUT2D eigenvalue weighted by atomic mass is 14.8. The fourth-order valence-corrected chi connectivity index (χ4v) is 0.846. The van der Waals surface area contributed by atoms with Crippen LogP contribution in [0, 0.1) is 6.92 Å². The smallest absolute Gasteiger partial charge is 0.116 e. The van der Waals surface area contributed by atoms with Gasteiger partial charge in [-0.1, -0.05) is 20.4 Å². The zero-order valence-electron chi connectivity index (χ0n) is 8.26. The molecule has 0 aliphatic carbocycles. The van der Waals surface area contributed by atoms with E-state index in [1.807, 2.05) is 27.7 Å². The largest absolute Gasteiger partial charge is 0.245 e. The number of aryl methyl sites for hydroxylation is 1. The minimum absolute atomic E-state index is 0.954. The molecule has 1 aromatic rings. The zero-order valence-corrected chi connectivity index (χ0v) is 8.26. The third kappa shape index (κ3) is 2.82. The van der Waals surface area contributed by atoms with E-state index in [4.69, 9.17) is 0 Å². The Morgan fingerprint density at radius 1 is 1.42 bits per heavy atom. The maximum atomic E-state index is 4.07. The van der Waals surface area contributed by atoms with E-state index in [-0.39, 0.29) is 0 Å². The summed E-state index contributed by atoms with van der Waals surface area (Å²) in [6.45, 7) is 11.7. The normalized spacial score (nSPS) is 8.33. The van der Waals surface area contributed by atoms with Crippen molar-refractivity contribution in [3.05, 3.63) is 30.4 Å². The zero-order chi connectivity index (χ0) is 9.56. The summed E-state index contributed by atoms with van der Waals surface area (Å²) >= 11 is 0. The first kappa shape index (κ1) is 10.8. The van der Waals surface area contributed by atoms with Crippen LogP contribution in [0.25, 0.3) is 5.57 Å². The van der Waals surface area contributed by atoms with Gasteiger partial charge in [-0.3, -0.25) is 0 Å². The van der Waals surface area contributed by atoms with E-state index in [0.29, 0.717) is 0 Å². The fraction of sp³-hybridized carbons (Fsp3) is 0.400. The van der Waals surface area contributed by atoms with Crippen LogP contribution in [0.15, 0.2) is 19.1 Å². The molecular formula is C10H16N2. The molecule has 0 N–H and O–H groups in total. The summed E-state index contributed by atoms with van der Waals surface area (Å²) in [5.74, 6) is 0. The Morgan fingerprint density at radius 2 is 2.00 bits per heavy atom. The van der Waals surface area contributed by atoms with Crippen molar-refractivity contribution in [3.8, 4) is 0 Å². The van der Waals surface area contributed by atoms with E-state index < -0.39 is 0 Å². The molecule has 0 amide bonds. The van der Waals surface area contributed by atoms with E-state index in [0.717, 1.165) is 16.8 Å². The second-order valence-electron chi connectivity index (χ2n) is 2.33. The third-order valence-electron chi connectivity index (χ3n) is 1.30. The maximum absolute atomic E-state index is 4.07. The predicted octanol–water partition coefficient (Wildman–Crippen LogP) is 2.84. The third-order valence-corrected chi connectivity index (χ3v) is 1.30. The van der Waals surface area contributed by atoms with Gasteiger partial charge in [-0.2, -0.15) is 0 Å². The van der Waals surface area contributed by atoms with Gasteiger partial charge in [0, 0.05) is 6.20 Å². The van der Waals surface area contributed by atoms with Crippen molar-refractivity contribution in [3.63, 3.8) is 0 Å². The summed E-state index contributed by atoms with van der Waals surface area (Å²) in [5, 5.41) is 0. The maximum Gasteiger partial charge on any atom is 0.116 e.